The van der Waals surface area contributed by atoms with Crippen LogP contribution in [0.1, 0.15) is 10.4 Å². The van der Waals surface area contributed by atoms with Crippen LogP contribution in [-0.4, -0.2) is 10.9 Å². The molecule has 0 aliphatic carbocycles. The number of para-hydroxylation sites is 1. The number of anilines is 1. The van der Waals surface area contributed by atoms with Gasteiger partial charge in [-0.05, 0) is 46.3 Å². The minimum Gasteiger partial charge on any atom is -0.321 e. The molecule has 0 unspecified atom stereocenters. The first-order valence-electron chi connectivity index (χ1n) is 6.25. The second kappa shape index (κ2) is 5.95. The third-order valence-corrected chi connectivity index (χ3v) is 4.22. The maximum atomic E-state index is 12.5. The molecule has 0 saturated carbocycles. The van der Waals surface area contributed by atoms with E-state index in [4.69, 9.17) is 0 Å². The van der Waals surface area contributed by atoms with Gasteiger partial charge in [0.1, 0.15) is 0 Å². The summed E-state index contributed by atoms with van der Waals surface area (Å²) >= 11 is 6.83. The highest BCUT2D eigenvalue weighted by atomic mass is 79.9. The van der Waals surface area contributed by atoms with E-state index in [2.05, 4.69) is 42.2 Å². The largest absolute Gasteiger partial charge is 0.321 e. The summed E-state index contributed by atoms with van der Waals surface area (Å²) < 4.78 is 1.77. The summed E-state index contributed by atoms with van der Waals surface area (Å²) in [6, 6.07) is 14.9. The Kier molecular flexibility index (Phi) is 4.03. The van der Waals surface area contributed by atoms with E-state index < -0.39 is 0 Å². The lowest BCUT2D eigenvalue weighted by molar-refractivity contribution is 0.102. The van der Waals surface area contributed by atoms with Gasteiger partial charge in [0, 0.05) is 20.5 Å². The lowest BCUT2D eigenvalue weighted by atomic mass is 10.1. The van der Waals surface area contributed by atoms with Crippen molar-refractivity contribution in [2.75, 3.05) is 5.32 Å². The lowest BCUT2D eigenvalue weighted by Crippen LogP contribution is -2.13. The number of rotatable bonds is 2. The predicted octanol–water partition coefficient (Wildman–Crippen LogP) is 5.01. The molecule has 0 radical (unpaired) electrons. The first-order valence-corrected chi connectivity index (χ1v) is 7.84. The zero-order valence-electron chi connectivity index (χ0n) is 10.8. The summed E-state index contributed by atoms with van der Waals surface area (Å²) in [5.74, 6) is -0.156. The smallest absolute Gasteiger partial charge is 0.256 e. The van der Waals surface area contributed by atoms with Crippen LogP contribution in [0.4, 0.5) is 5.69 Å². The van der Waals surface area contributed by atoms with Gasteiger partial charge >= 0.3 is 0 Å². The van der Waals surface area contributed by atoms with E-state index in [1.807, 2.05) is 42.5 Å². The number of carbonyl (C=O) groups is 1. The van der Waals surface area contributed by atoms with Gasteiger partial charge < -0.3 is 5.32 Å². The number of nitrogens with one attached hydrogen (secondary N) is 1. The van der Waals surface area contributed by atoms with Gasteiger partial charge in [0.15, 0.2) is 0 Å². The van der Waals surface area contributed by atoms with Crippen molar-refractivity contribution >= 4 is 54.4 Å². The van der Waals surface area contributed by atoms with Gasteiger partial charge in [0.2, 0.25) is 0 Å². The van der Waals surface area contributed by atoms with E-state index in [1.54, 1.807) is 12.3 Å². The van der Waals surface area contributed by atoms with Gasteiger partial charge in [-0.25, -0.2) is 0 Å². The molecule has 2 aromatic carbocycles. The number of amides is 1. The van der Waals surface area contributed by atoms with E-state index in [1.165, 1.54) is 0 Å². The van der Waals surface area contributed by atoms with E-state index in [0.717, 1.165) is 25.5 Å². The van der Waals surface area contributed by atoms with Crippen molar-refractivity contribution in [2.45, 2.75) is 0 Å². The fourth-order valence-electron chi connectivity index (χ4n) is 2.07. The molecule has 0 spiro atoms. The molecule has 1 heterocycles. The molecular formula is C16H10Br2N2O. The number of nitrogens with zero attached hydrogens (tertiary/aromatic N) is 1. The van der Waals surface area contributed by atoms with E-state index in [-0.39, 0.29) is 5.91 Å². The molecule has 104 valence electrons. The molecule has 1 N–H and O–H groups in total. The molecule has 3 aromatic rings. The Morgan fingerprint density at radius 1 is 1.05 bits per heavy atom. The molecule has 1 aromatic heterocycles. The van der Waals surface area contributed by atoms with Gasteiger partial charge in [-0.1, -0.05) is 34.1 Å². The van der Waals surface area contributed by atoms with Crippen LogP contribution in [0.25, 0.3) is 10.9 Å². The van der Waals surface area contributed by atoms with Crippen molar-refractivity contribution in [2.24, 2.45) is 0 Å². The first kappa shape index (κ1) is 14.2. The Labute approximate surface area is 138 Å². The summed E-state index contributed by atoms with van der Waals surface area (Å²) in [7, 11) is 0. The quantitative estimate of drug-likeness (QED) is 0.650. The molecule has 0 aliphatic rings. The highest BCUT2D eigenvalue weighted by Gasteiger charge is 2.12. The van der Waals surface area contributed by atoms with E-state index in [0.29, 0.717) is 5.56 Å². The number of carbonyl (C=O) groups excluding carboxylic acids is 1. The maximum absolute atomic E-state index is 12.5. The fourth-order valence-corrected chi connectivity index (χ4v) is 3.22. The van der Waals surface area contributed by atoms with Crippen molar-refractivity contribution < 1.29 is 4.79 Å². The molecule has 0 saturated heterocycles. The minimum atomic E-state index is -0.156. The minimum absolute atomic E-state index is 0.156. The van der Waals surface area contributed by atoms with Crippen LogP contribution >= 0.6 is 31.9 Å². The van der Waals surface area contributed by atoms with Gasteiger partial charge in [0.25, 0.3) is 5.91 Å². The Bertz CT molecular complexity index is 828. The van der Waals surface area contributed by atoms with Crippen LogP contribution < -0.4 is 5.32 Å². The number of fused-ring (bicyclic) bond motifs is 1. The molecule has 5 heteroatoms. The first-order chi connectivity index (χ1) is 10.1. The lowest BCUT2D eigenvalue weighted by Gasteiger charge is -2.09. The summed E-state index contributed by atoms with van der Waals surface area (Å²) in [4.78, 5) is 16.8. The Morgan fingerprint density at radius 2 is 1.86 bits per heavy atom. The molecule has 0 fully saturated rings. The number of hydrogen-bond acceptors (Lipinski definition) is 2. The van der Waals surface area contributed by atoms with Crippen LogP contribution in [0.15, 0.2) is 63.7 Å². The SMILES string of the molecule is O=C(Nc1ccc(Br)cc1Br)c1ccnc2ccccc12. The van der Waals surface area contributed by atoms with Crippen LogP contribution in [-0.2, 0) is 0 Å². The zero-order chi connectivity index (χ0) is 14.8. The van der Waals surface area contributed by atoms with E-state index in [9.17, 15) is 4.79 Å². The second-order valence-electron chi connectivity index (χ2n) is 4.45. The highest BCUT2D eigenvalue weighted by molar-refractivity contribution is 9.11. The summed E-state index contributed by atoms with van der Waals surface area (Å²) in [5, 5.41) is 3.75. The van der Waals surface area contributed by atoms with Crippen molar-refractivity contribution in [1.29, 1.82) is 0 Å². The summed E-state index contributed by atoms with van der Waals surface area (Å²) in [6.07, 6.45) is 1.65. The van der Waals surface area contributed by atoms with Gasteiger partial charge in [-0.2, -0.15) is 0 Å². The molecule has 3 rings (SSSR count). The second-order valence-corrected chi connectivity index (χ2v) is 6.22. The molecular weight excluding hydrogens is 396 g/mol. The molecule has 1 amide bonds. The van der Waals surface area contributed by atoms with Gasteiger partial charge in [0.05, 0.1) is 16.8 Å². The molecule has 0 aliphatic heterocycles. The Hall–Kier alpha value is -1.72. The monoisotopic (exact) mass is 404 g/mol. The number of aromatic nitrogens is 1. The molecule has 21 heavy (non-hydrogen) atoms. The summed E-state index contributed by atoms with van der Waals surface area (Å²) in [6.45, 7) is 0. The van der Waals surface area contributed by atoms with Gasteiger partial charge in [-0.3, -0.25) is 9.78 Å². The molecule has 0 bridgehead atoms. The summed E-state index contributed by atoms with van der Waals surface area (Å²) in [5.41, 5.74) is 2.14. The highest BCUT2D eigenvalue weighted by Crippen LogP contribution is 2.27. The van der Waals surface area contributed by atoms with Crippen LogP contribution in [0, 0.1) is 0 Å². The average molecular weight is 406 g/mol. The third kappa shape index (κ3) is 2.99. The number of hydrogen-bond donors (Lipinski definition) is 1. The van der Waals surface area contributed by atoms with Crippen molar-refractivity contribution in [3.05, 3.63) is 69.2 Å². The van der Waals surface area contributed by atoms with Crippen LogP contribution in [0.3, 0.4) is 0 Å². The molecule has 0 atom stereocenters. The number of benzene rings is 2. The number of pyridine rings is 1. The van der Waals surface area contributed by atoms with Crippen LogP contribution in [0.2, 0.25) is 0 Å². The van der Waals surface area contributed by atoms with Crippen molar-refractivity contribution in [3.8, 4) is 0 Å². The van der Waals surface area contributed by atoms with Gasteiger partial charge in [-0.15, -0.1) is 0 Å². The standard InChI is InChI=1S/C16H10Br2N2O/c17-10-5-6-15(13(18)9-10)20-16(21)12-7-8-19-14-4-2-1-3-11(12)14/h1-9H,(H,20,21). The maximum Gasteiger partial charge on any atom is 0.256 e. The van der Waals surface area contributed by atoms with E-state index >= 15 is 0 Å². The average Bonchev–Trinajstić information content (AvgIpc) is 2.49. The molecule has 3 nitrogen and oxygen atoms in total. The topological polar surface area (TPSA) is 42.0 Å². The van der Waals surface area contributed by atoms with Crippen molar-refractivity contribution in [1.82, 2.24) is 4.98 Å². The van der Waals surface area contributed by atoms with Crippen molar-refractivity contribution in [3.63, 3.8) is 0 Å². The van der Waals surface area contributed by atoms with Crippen LogP contribution in [0.5, 0.6) is 0 Å². The predicted molar refractivity (Wildman–Crippen MR) is 91.5 cm³/mol. The normalized spacial score (nSPS) is 10.6. The number of halogens is 2. The Morgan fingerprint density at radius 3 is 2.67 bits per heavy atom. The third-order valence-electron chi connectivity index (χ3n) is 3.07. The zero-order valence-corrected chi connectivity index (χ0v) is 14.0. The Balaban J connectivity index is 1.97. The fraction of sp³-hybridized carbons (Fsp3) is 0.